The lowest BCUT2D eigenvalue weighted by molar-refractivity contribution is -0.118. The molecule has 1 aliphatic carbocycles. The first-order valence-electron chi connectivity index (χ1n) is 9.93. The molecule has 1 aromatic rings. The molecule has 3 rings (SSSR count). The maximum Gasteiger partial charge on any atom is 0.415 e. The fraction of sp³-hybridized carbons (Fsp3) is 0.550. The van der Waals surface area contributed by atoms with Crippen LogP contribution in [0.5, 0.6) is 0 Å². The van der Waals surface area contributed by atoms with Crippen LogP contribution in [0, 0.1) is 11.7 Å². The van der Waals surface area contributed by atoms with E-state index in [0.717, 1.165) is 22.7 Å². The van der Waals surface area contributed by atoms with Gasteiger partial charge >= 0.3 is 6.09 Å². The van der Waals surface area contributed by atoms with Crippen LogP contribution in [0.3, 0.4) is 0 Å². The maximum atomic E-state index is 14.8. The van der Waals surface area contributed by atoms with Crippen molar-refractivity contribution in [3.8, 4) is 0 Å². The molecule has 170 valence electrons. The molecule has 0 bridgehead atoms. The van der Waals surface area contributed by atoms with E-state index < -0.39 is 36.2 Å². The molecule has 2 aliphatic rings. The van der Waals surface area contributed by atoms with E-state index >= 15 is 0 Å². The normalized spacial score (nSPS) is 27.3. The van der Waals surface area contributed by atoms with Crippen molar-refractivity contribution in [1.82, 2.24) is 4.90 Å². The van der Waals surface area contributed by atoms with Gasteiger partial charge in [0.15, 0.2) is 5.17 Å². The number of primary amides is 1. The number of halogens is 2. The number of amides is 2. The molecule has 0 spiro atoms. The third-order valence-electron chi connectivity index (χ3n) is 5.76. The molecule has 31 heavy (non-hydrogen) atoms. The Kier molecular flexibility index (Phi) is 6.63. The van der Waals surface area contributed by atoms with Crippen molar-refractivity contribution in [3.63, 3.8) is 0 Å². The number of fused-ring (bicyclic) bond motifs is 1. The topological polar surface area (TPSA) is 105 Å². The summed E-state index contributed by atoms with van der Waals surface area (Å²) >= 11 is 4.39. The average molecular weight is 533 g/mol. The lowest BCUT2D eigenvalue weighted by atomic mass is 9.85. The summed E-state index contributed by atoms with van der Waals surface area (Å²) in [6.07, 6.45) is -0.859. The van der Waals surface area contributed by atoms with Crippen LogP contribution in [0.25, 0.3) is 0 Å². The number of carboxylic acid groups (broad SMARTS) is 1. The second-order valence-corrected chi connectivity index (χ2v) is 17.2. The lowest BCUT2D eigenvalue weighted by Gasteiger charge is -2.36. The summed E-state index contributed by atoms with van der Waals surface area (Å²) in [5, 5.41) is 9.90. The fourth-order valence-corrected chi connectivity index (χ4v) is 6.41. The van der Waals surface area contributed by atoms with E-state index in [1.54, 1.807) is 19.1 Å². The van der Waals surface area contributed by atoms with Crippen molar-refractivity contribution >= 4 is 52.9 Å². The summed E-state index contributed by atoms with van der Waals surface area (Å²) in [7, 11) is -1.34. The minimum absolute atomic E-state index is 0.0925. The highest BCUT2D eigenvalue weighted by atomic mass is 79.9. The van der Waals surface area contributed by atoms with Gasteiger partial charge in [-0.05, 0) is 37.6 Å². The molecule has 1 saturated carbocycles. The zero-order valence-corrected chi connectivity index (χ0v) is 21.3. The molecular weight excluding hydrogens is 505 g/mol. The molecule has 1 aromatic carbocycles. The van der Waals surface area contributed by atoms with E-state index in [1.807, 2.05) is 0 Å². The van der Waals surface area contributed by atoms with Crippen molar-refractivity contribution < 1.29 is 23.8 Å². The average Bonchev–Trinajstić information content (AvgIpc) is 3.39. The number of nitrogens with zero attached hydrogens (tertiary/aromatic N) is 2. The van der Waals surface area contributed by atoms with Crippen molar-refractivity contribution in [2.24, 2.45) is 16.6 Å². The summed E-state index contributed by atoms with van der Waals surface area (Å²) < 4.78 is 20.1. The SMILES string of the molecule is C[C@]1(c2cc(Br)ccc2F)N=C(N(COCC[Si](C)(C)C)C(=O)O)S[C@@]2(C(N)=O)C[C@H]21. The molecule has 3 N–H and O–H groups in total. The molecule has 0 unspecified atom stereocenters. The molecule has 1 aliphatic heterocycles. The zero-order valence-electron chi connectivity index (χ0n) is 17.9. The number of rotatable bonds is 7. The number of amidine groups is 1. The number of benzene rings is 1. The molecule has 2 amide bonds. The highest BCUT2D eigenvalue weighted by Gasteiger charge is 2.70. The van der Waals surface area contributed by atoms with Crippen LogP contribution in [0.1, 0.15) is 18.9 Å². The molecule has 1 fully saturated rings. The minimum Gasteiger partial charge on any atom is -0.465 e. The van der Waals surface area contributed by atoms with Crippen molar-refractivity contribution in [2.75, 3.05) is 13.3 Å². The second-order valence-electron chi connectivity index (χ2n) is 9.34. The van der Waals surface area contributed by atoms with E-state index in [4.69, 9.17) is 10.5 Å². The monoisotopic (exact) mass is 531 g/mol. The Labute approximate surface area is 194 Å². The zero-order chi connectivity index (χ0) is 23.2. The molecule has 0 radical (unpaired) electrons. The lowest BCUT2D eigenvalue weighted by Crippen LogP contribution is -2.46. The van der Waals surface area contributed by atoms with Gasteiger partial charge in [-0.3, -0.25) is 9.79 Å². The summed E-state index contributed by atoms with van der Waals surface area (Å²) in [5.74, 6) is -1.36. The number of ether oxygens (including phenoxy) is 1. The third kappa shape index (κ3) is 4.84. The Balaban J connectivity index is 1.96. The van der Waals surface area contributed by atoms with Crippen LogP contribution in [0.2, 0.25) is 25.7 Å². The van der Waals surface area contributed by atoms with Crippen LogP contribution < -0.4 is 5.73 Å². The van der Waals surface area contributed by atoms with E-state index in [2.05, 4.69) is 40.6 Å². The van der Waals surface area contributed by atoms with Gasteiger partial charge in [0.25, 0.3) is 0 Å². The molecule has 11 heteroatoms. The fourth-order valence-electron chi connectivity index (χ4n) is 3.77. The van der Waals surface area contributed by atoms with Crippen molar-refractivity contribution in [2.45, 2.75) is 49.3 Å². The van der Waals surface area contributed by atoms with Crippen LogP contribution in [-0.2, 0) is 15.1 Å². The van der Waals surface area contributed by atoms with Gasteiger partial charge in [-0.1, -0.05) is 47.3 Å². The van der Waals surface area contributed by atoms with Crippen LogP contribution in [0.4, 0.5) is 9.18 Å². The van der Waals surface area contributed by atoms with Gasteiger partial charge in [0.1, 0.15) is 17.3 Å². The Hall–Kier alpha value is -1.43. The van der Waals surface area contributed by atoms with E-state index in [9.17, 15) is 19.1 Å². The molecule has 1 heterocycles. The first-order valence-corrected chi connectivity index (χ1v) is 15.2. The van der Waals surface area contributed by atoms with Crippen LogP contribution >= 0.6 is 27.7 Å². The van der Waals surface area contributed by atoms with Gasteiger partial charge in [0, 0.05) is 30.6 Å². The van der Waals surface area contributed by atoms with E-state index in [-0.39, 0.29) is 23.4 Å². The maximum absolute atomic E-state index is 14.8. The minimum atomic E-state index is -1.34. The molecule has 0 saturated heterocycles. The predicted octanol–water partition coefficient (Wildman–Crippen LogP) is 4.44. The number of hydrogen-bond donors (Lipinski definition) is 2. The van der Waals surface area contributed by atoms with Gasteiger partial charge in [0.2, 0.25) is 5.91 Å². The van der Waals surface area contributed by atoms with Gasteiger partial charge < -0.3 is 15.6 Å². The summed E-state index contributed by atoms with van der Waals surface area (Å²) in [6.45, 7) is 8.54. The van der Waals surface area contributed by atoms with E-state index in [0.29, 0.717) is 17.5 Å². The standard InChI is InChI=1S/C20H27BrFN3O4SSi/c1-19(13-9-12(21)5-6-14(13)22)15-10-20(15,16(23)26)30-17(24-19)25(18(27)28)11-29-7-8-31(2,3)4/h5-6,9,15H,7-8,10-11H2,1-4H3,(H2,23,26)(H,27,28)/t15-,19+,20-/m0/s1. The Morgan fingerprint density at radius 3 is 2.71 bits per heavy atom. The van der Waals surface area contributed by atoms with Gasteiger partial charge in [-0.15, -0.1) is 0 Å². The third-order valence-corrected chi connectivity index (χ3v) is 9.47. The summed E-state index contributed by atoms with van der Waals surface area (Å²) in [6, 6.07) is 5.40. The first-order chi connectivity index (χ1) is 14.3. The van der Waals surface area contributed by atoms with Gasteiger partial charge in [0.05, 0.1) is 5.54 Å². The second kappa shape index (κ2) is 8.49. The van der Waals surface area contributed by atoms with Crippen LogP contribution in [-0.4, -0.2) is 53.3 Å². The largest absolute Gasteiger partial charge is 0.465 e. The van der Waals surface area contributed by atoms with Gasteiger partial charge in [-0.2, -0.15) is 0 Å². The molecule has 3 atom stereocenters. The smallest absolute Gasteiger partial charge is 0.415 e. The Morgan fingerprint density at radius 1 is 1.45 bits per heavy atom. The first kappa shape index (κ1) is 24.2. The molecular formula is C20H27BrFN3O4SSi. The predicted molar refractivity (Wildman–Crippen MR) is 125 cm³/mol. The molecule has 7 nitrogen and oxygen atoms in total. The summed E-state index contributed by atoms with van der Waals surface area (Å²) in [5.41, 5.74) is 4.85. The Bertz CT molecular complexity index is 943. The molecule has 0 aromatic heterocycles. The highest BCUT2D eigenvalue weighted by Crippen LogP contribution is 2.66. The van der Waals surface area contributed by atoms with Crippen molar-refractivity contribution in [3.05, 3.63) is 34.1 Å². The number of thioether (sulfide) groups is 1. The van der Waals surface area contributed by atoms with Crippen molar-refractivity contribution in [1.29, 1.82) is 0 Å². The number of aliphatic imine (C=N–C) groups is 1. The Morgan fingerprint density at radius 2 is 2.13 bits per heavy atom. The number of hydrogen-bond acceptors (Lipinski definition) is 5. The number of nitrogens with two attached hydrogens (primary N) is 1. The highest BCUT2D eigenvalue weighted by molar-refractivity contribution is 9.10. The van der Waals surface area contributed by atoms with Crippen LogP contribution in [0.15, 0.2) is 27.7 Å². The van der Waals surface area contributed by atoms with E-state index in [1.165, 1.54) is 6.07 Å². The number of carbonyl (C=O) groups excluding carboxylic acids is 1. The van der Waals surface area contributed by atoms with Gasteiger partial charge in [-0.25, -0.2) is 14.1 Å². The number of carbonyl (C=O) groups is 2. The summed E-state index contributed by atoms with van der Waals surface area (Å²) in [4.78, 5) is 30.0. The quantitative estimate of drug-likeness (QED) is 0.307.